The van der Waals surface area contributed by atoms with Crippen molar-refractivity contribution in [2.24, 2.45) is 11.8 Å². The van der Waals surface area contributed by atoms with Crippen LogP contribution in [0.2, 0.25) is 0 Å². The molecular formula is C63H122O6. The fourth-order valence-corrected chi connectivity index (χ4v) is 9.76. The monoisotopic (exact) mass is 975 g/mol. The lowest BCUT2D eigenvalue weighted by molar-refractivity contribution is -0.167. The van der Waals surface area contributed by atoms with E-state index in [9.17, 15) is 14.4 Å². The number of hydrogen-bond donors (Lipinski definition) is 0. The summed E-state index contributed by atoms with van der Waals surface area (Å²) in [7, 11) is 0. The SMILES string of the molecule is CCCCCCCCCCCCCCCCCCC(=O)O[C@@H](COC(=O)CCCCCCCCCCCCCCCCCC(C)C)COC(=O)CCCCCCCCCCCCCCCCC(C)C. The van der Waals surface area contributed by atoms with Crippen molar-refractivity contribution in [3.05, 3.63) is 0 Å². The zero-order valence-electron chi connectivity index (χ0n) is 47.5. The normalized spacial score (nSPS) is 12.0. The molecule has 6 nitrogen and oxygen atoms in total. The van der Waals surface area contributed by atoms with Crippen molar-refractivity contribution in [3.8, 4) is 0 Å². The molecule has 0 unspecified atom stereocenters. The van der Waals surface area contributed by atoms with Crippen LogP contribution >= 0.6 is 0 Å². The third kappa shape index (κ3) is 57.2. The maximum Gasteiger partial charge on any atom is 0.306 e. The number of esters is 3. The van der Waals surface area contributed by atoms with Crippen molar-refractivity contribution < 1.29 is 28.6 Å². The third-order valence-electron chi connectivity index (χ3n) is 14.5. The van der Waals surface area contributed by atoms with Gasteiger partial charge in [-0.1, -0.05) is 317 Å². The van der Waals surface area contributed by atoms with Gasteiger partial charge in [-0.2, -0.15) is 0 Å². The fourth-order valence-electron chi connectivity index (χ4n) is 9.76. The van der Waals surface area contributed by atoms with Crippen molar-refractivity contribution in [2.45, 2.75) is 362 Å². The zero-order valence-corrected chi connectivity index (χ0v) is 47.5. The minimum Gasteiger partial charge on any atom is -0.462 e. The molecule has 69 heavy (non-hydrogen) atoms. The van der Waals surface area contributed by atoms with E-state index in [1.807, 2.05) is 0 Å². The Kier molecular flexibility index (Phi) is 54.4. The molecule has 6 heteroatoms. The van der Waals surface area contributed by atoms with Gasteiger partial charge in [-0.15, -0.1) is 0 Å². The van der Waals surface area contributed by atoms with Crippen LogP contribution in [0.4, 0.5) is 0 Å². The molecule has 0 amide bonds. The Labute approximate surface area is 431 Å². The second-order valence-corrected chi connectivity index (χ2v) is 22.6. The molecule has 0 aromatic carbocycles. The smallest absolute Gasteiger partial charge is 0.306 e. The second-order valence-electron chi connectivity index (χ2n) is 22.6. The average molecular weight is 976 g/mol. The first-order valence-corrected chi connectivity index (χ1v) is 31.2. The van der Waals surface area contributed by atoms with Gasteiger partial charge in [-0.3, -0.25) is 14.4 Å². The molecule has 0 spiro atoms. The lowest BCUT2D eigenvalue weighted by Crippen LogP contribution is -2.30. The standard InChI is InChI=1S/C63H122O6/c1-6-7-8-9-10-11-12-13-14-17-25-30-35-40-45-50-55-63(66)69-60(57-68-62(65)54-49-44-39-34-29-24-20-19-22-27-32-37-42-47-52-59(4)5)56-67-61(64)53-48-43-38-33-28-23-18-15-16-21-26-31-36-41-46-51-58(2)3/h58-60H,6-57H2,1-5H3/t60-/m0/s1. The summed E-state index contributed by atoms with van der Waals surface area (Å²) in [5.74, 6) is 0.862. The van der Waals surface area contributed by atoms with Crippen LogP contribution in [0.25, 0.3) is 0 Å². The highest BCUT2D eigenvalue weighted by atomic mass is 16.6. The average Bonchev–Trinajstić information content (AvgIpc) is 3.32. The van der Waals surface area contributed by atoms with E-state index in [1.165, 1.54) is 244 Å². The van der Waals surface area contributed by atoms with Crippen molar-refractivity contribution >= 4 is 17.9 Å². The summed E-state index contributed by atoms with van der Waals surface area (Å²) in [5.41, 5.74) is 0. The molecule has 0 rings (SSSR count). The number of rotatable bonds is 57. The van der Waals surface area contributed by atoms with E-state index >= 15 is 0 Å². The van der Waals surface area contributed by atoms with E-state index in [1.54, 1.807) is 0 Å². The molecule has 1 atom stereocenters. The minimum absolute atomic E-state index is 0.0620. The van der Waals surface area contributed by atoms with Crippen LogP contribution in [0.15, 0.2) is 0 Å². The largest absolute Gasteiger partial charge is 0.462 e. The summed E-state index contributed by atoms with van der Waals surface area (Å²) < 4.78 is 16.9. The number of carbonyl (C=O) groups excluding carboxylic acids is 3. The topological polar surface area (TPSA) is 78.9 Å². The minimum atomic E-state index is -0.763. The highest BCUT2D eigenvalue weighted by Crippen LogP contribution is 2.19. The molecule has 0 bridgehead atoms. The number of ether oxygens (including phenoxy) is 3. The first-order chi connectivity index (χ1) is 33.7. The van der Waals surface area contributed by atoms with E-state index < -0.39 is 6.10 Å². The number of carbonyl (C=O) groups is 3. The summed E-state index contributed by atoms with van der Waals surface area (Å²) >= 11 is 0. The van der Waals surface area contributed by atoms with Crippen LogP contribution in [-0.4, -0.2) is 37.2 Å². The van der Waals surface area contributed by atoms with E-state index in [0.717, 1.165) is 69.6 Å². The molecule has 0 N–H and O–H groups in total. The molecule has 0 heterocycles. The van der Waals surface area contributed by atoms with Crippen LogP contribution in [0.1, 0.15) is 356 Å². The molecular weight excluding hydrogens is 853 g/mol. The van der Waals surface area contributed by atoms with Crippen LogP contribution in [0, 0.1) is 11.8 Å². The maximum absolute atomic E-state index is 12.9. The first-order valence-electron chi connectivity index (χ1n) is 31.2. The molecule has 0 aliphatic rings. The van der Waals surface area contributed by atoms with Gasteiger partial charge in [0.1, 0.15) is 13.2 Å². The van der Waals surface area contributed by atoms with Gasteiger partial charge in [0.25, 0.3) is 0 Å². The lowest BCUT2D eigenvalue weighted by atomic mass is 10.0. The van der Waals surface area contributed by atoms with E-state index in [0.29, 0.717) is 19.3 Å². The van der Waals surface area contributed by atoms with Crippen LogP contribution in [0.3, 0.4) is 0 Å². The van der Waals surface area contributed by atoms with Gasteiger partial charge in [0, 0.05) is 19.3 Å². The van der Waals surface area contributed by atoms with Gasteiger partial charge < -0.3 is 14.2 Å². The van der Waals surface area contributed by atoms with Crippen molar-refractivity contribution in [1.29, 1.82) is 0 Å². The third-order valence-corrected chi connectivity index (χ3v) is 14.5. The van der Waals surface area contributed by atoms with Gasteiger partial charge in [0.05, 0.1) is 0 Å². The number of hydrogen-bond acceptors (Lipinski definition) is 6. The highest BCUT2D eigenvalue weighted by Gasteiger charge is 2.19. The highest BCUT2D eigenvalue weighted by molar-refractivity contribution is 5.71. The van der Waals surface area contributed by atoms with Gasteiger partial charge >= 0.3 is 17.9 Å². The Morgan fingerprint density at radius 3 is 0.710 bits per heavy atom. The van der Waals surface area contributed by atoms with Crippen LogP contribution < -0.4 is 0 Å². The quantitative estimate of drug-likeness (QED) is 0.0343. The maximum atomic E-state index is 12.9. The van der Waals surface area contributed by atoms with E-state index in [-0.39, 0.29) is 31.1 Å². The Morgan fingerprint density at radius 2 is 0.478 bits per heavy atom. The lowest BCUT2D eigenvalue weighted by Gasteiger charge is -2.18. The zero-order chi connectivity index (χ0) is 50.4. The summed E-state index contributed by atoms with van der Waals surface area (Å²) in [5, 5.41) is 0. The molecule has 0 radical (unpaired) electrons. The van der Waals surface area contributed by atoms with E-state index in [2.05, 4.69) is 34.6 Å². The van der Waals surface area contributed by atoms with Gasteiger partial charge in [-0.25, -0.2) is 0 Å². The predicted molar refractivity (Wildman–Crippen MR) is 298 cm³/mol. The van der Waals surface area contributed by atoms with E-state index in [4.69, 9.17) is 14.2 Å². The number of unbranched alkanes of at least 4 members (excludes halogenated alkanes) is 42. The Hall–Kier alpha value is -1.59. The van der Waals surface area contributed by atoms with Gasteiger partial charge in [0.2, 0.25) is 0 Å². The van der Waals surface area contributed by atoms with Crippen molar-refractivity contribution in [1.82, 2.24) is 0 Å². The second kappa shape index (κ2) is 55.7. The molecule has 0 fully saturated rings. The molecule has 410 valence electrons. The molecule has 0 aromatic rings. The summed E-state index contributed by atoms with van der Waals surface area (Å²) in [6.45, 7) is 11.5. The first kappa shape index (κ1) is 67.4. The van der Waals surface area contributed by atoms with Crippen molar-refractivity contribution in [2.75, 3.05) is 13.2 Å². The molecule has 0 aliphatic carbocycles. The Bertz CT molecular complexity index is 1060. The van der Waals surface area contributed by atoms with Crippen LogP contribution in [0.5, 0.6) is 0 Å². The van der Waals surface area contributed by atoms with Crippen LogP contribution in [-0.2, 0) is 28.6 Å². The van der Waals surface area contributed by atoms with Gasteiger partial charge in [0.15, 0.2) is 6.10 Å². The predicted octanol–water partition coefficient (Wildman–Crippen LogP) is 20.8. The molecule has 0 aromatic heterocycles. The summed E-state index contributed by atoms with van der Waals surface area (Å²) in [6.07, 6.45) is 61.0. The van der Waals surface area contributed by atoms with Crippen molar-refractivity contribution in [3.63, 3.8) is 0 Å². The summed E-state index contributed by atoms with van der Waals surface area (Å²) in [4.78, 5) is 38.3. The molecule has 0 aliphatic heterocycles. The molecule has 0 saturated heterocycles. The fraction of sp³-hybridized carbons (Fsp3) is 0.952. The Balaban J connectivity index is 4.29. The van der Waals surface area contributed by atoms with Gasteiger partial charge in [-0.05, 0) is 31.1 Å². The summed E-state index contributed by atoms with van der Waals surface area (Å²) in [6, 6.07) is 0. The molecule has 0 saturated carbocycles. The Morgan fingerprint density at radius 1 is 0.275 bits per heavy atom.